The topological polar surface area (TPSA) is 62.1 Å². The van der Waals surface area contributed by atoms with Crippen molar-refractivity contribution in [1.82, 2.24) is 0 Å². The first kappa shape index (κ1) is 23.3. The van der Waals surface area contributed by atoms with E-state index in [1.54, 1.807) is 54.6 Å². The maximum Gasteiger partial charge on any atom is 0.266 e. The molecule has 1 amide bonds. The largest absolute Gasteiger partial charge is 0.494 e. The van der Waals surface area contributed by atoms with Crippen LogP contribution < -0.4 is 10.1 Å². The van der Waals surface area contributed by atoms with E-state index in [1.165, 1.54) is 12.1 Å². The highest BCUT2D eigenvalue weighted by molar-refractivity contribution is 6.32. The van der Waals surface area contributed by atoms with Crippen molar-refractivity contribution in [3.05, 3.63) is 98.8 Å². The smallest absolute Gasteiger partial charge is 0.266 e. The third-order valence-electron chi connectivity index (χ3n) is 4.58. The number of ether oxygens (including phenoxy) is 1. The summed E-state index contributed by atoms with van der Waals surface area (Å²) in [5.41, 5.74) is 2.02. The van der Waals surface area contributed by atoms with Crippen molar-refractivity contribution >= 4 is 40.9 Å². The molecule has 7 heteroatoms. The predicted octanol–water partition coefficient (Wildman–Crippen LogP) is 6.67. The Hall–Kier alpha value is -3.33. The molecule has 1 N–H and O–H groups in total. The number of rotatable bonds is 7. The molecule has 0 fully saturated rings. The van der Waals surface area contributed by atoms with Crippen molar-refractivity contribution in [2.45, 2.75) is 13.3 Å². The Morgan fingerprint density at radius 1 is 1.16 bits per heavy atom. The first-order chi connectivity index (χ1) is 15.4. The molecule has 0 bridgehead atoms. The molecule has 3 aromatic carbocycles. The summed E-state index contributed by atoms with van der Waals surface area (Å²) in [6.45, 7) is 2.19. The molecule has 0 aliphatic heterocycles. The lowest BCUT2D eigenvalue weighted by atomic mass is 10.0. The Kier molecular flexibility index (Phi) is 7.88. The molecular weight excluding hydrogens is 450 g/mol. The van der Waals surface area contributed by atoms with E-state index in [9.17, 15) is 14.4 Å². The van der Waals surface area contributed by atoms with Gasteiger partial charge in [0.25, 0.3) is 5.91 Å². The summed E-state index contributed by atoms with van der Waals surface area (Å²) in [5.74, 6) is -0.440. The van der Waals surface area contributed by atoms with Crippen molar-refractivity contribution < 1.29 is 13.9 Å². The molecular formula is C25H19Cl2FN2O2. The second kappa shape index (κ2) is 10.8. The maximum absolute atomic E-state index is 14.1. The summed E-state index contributed by atoms with van der Waals surface area (Å²) in [7, 11) is 0. The minimum atomic E-state index is -0.570. The fourth-order valence-corrected chi connectivity index (χ4v) is 3.46. The number of halogens is 3. The lowest BCUT2D eigenvalue weighted by molar-refractivity contribution is -0.112. The number of benzene rings is 3. The van der Waals surface area contributed by atoms with Gasteiger partial charge in [-0.15, -0.1) is 0 Å². The maximum atomic E-state index is 14.1. The van der Waals surface area contributed by atoms with Crippen molar-refractivity contribution in [2.24, 2.45) is 0 Å². The molecule has 3 rings (SSSR count). The number of carbonyl (C=O) groups excluding carboxylic acids is 1. The SMILES string of the molecule is CCOc1cc(/C=C(\C#N)C(=O)Nc2ccc(Cl)cc2)cc(Cl)c1Cc1ccccc1F. The second-order valence-electron chi connectivity index (χ2n) is 6.81. The molecule has 0 unspecified atom stereocenters. The van der Waals surface area contributed by atoms with Crippen LogP contribution in [-0.2, 0) is 11.2 Å². The Balaban J connectivity index is 1.91. The van der Waals surface area contributed by atoms with Gasteiger partial charge in [-0.25, -0.2) is 4.39 Å². The molecule has 0 aliphatic carbocycles. The van der Waals surface area contributed by atoms with Gasteiger partial charge in [0.15, 0.2) is 0 Å². The van der Waals surface area contributed by atoms with Crippen LogP contribution in [0, 0.1) is 17.1 Å². The van der Waals surface area contributed by atoms with Crippen LogP contribution in [0.25, 0.3) is 6.08 Å². The lowest BCUT2D eigenvalue weighted by Crippen LogP contribution is -2.13. The highest BCUT2D eigenvalue weighted by Gasteiger charge is 2.15. The number of carbonyl (C=O) groups is 1. The Morgan fingerprint density at radius 2 is 1.88 bits per heavy atom. The number of nitrogens with zero attached hydrogens (tertiary/aromatic N) is 1. The lowest BCUT2D eigenvalue weighted by Gasteiger charge is -2.14. The zero-order chi connectivity index (χ0) is 23.1. The fraction of sp³-hybridized carbons (Fsp3) is 0.120. The number of nitriles is 1. The fourth-order valence-electron chi connectivity index (χ4n) is 3.05. The van der Waals surface area contributed by atoms with Crippen LogP contribution in [0.3, 0.4) is 0 Å². The van der Waals surface area contributed by atoms with E-state index < -0.39 is 5.91 Å². The summed E-state index contributed by atoms with van der Waals surface area (Å²) < 4.78 is 19.9. The summed E-state index contributed by atoms with van der Waals surface area (Å²) in [4.78, 5) is 12.5. The predicted molar refractivity (Wildman–Crippen MR) is 125 cm³/mol. The second-order valence-corrected chi connectivity index (χ2v) is 7.66. The number of hydrogen-bond donors (Lipinski definition) is 1. The third kappa shape index (κ3) is 5.88. The van der Waals surface area contributed by atoms with Gasteiger partial charge in [-0.2, -0.15) is 5.26 Å². The molecule has 0 heterocycles. The quantitative estimate of drug-likeness (QED) is 0.311. The first-order valence-corrected chi connectivity index (χ1v) is 10.5. The van der Waals surface area contributed by atoms with E-state index in [-0.39, 0.29) is 17.8 Å². The van der Waals surface area contributed by atoms with Gasteiger partial charge in [0.1, 0.15) is 23.2 Å². The Morgan fingerprint density at radius 3 is 2.53 bits per heavy atom. The van der Waals surface area contributed by atoms with Gasteiger partial charge in [-0.1, -0.05) is 41.4 Å². The van der Waals surface area contributed by atoms with Crippen molar-refractivity contribution in [2.75, 3.05) is 11.9 Å². The normalized spacial score (nSPS) is 11.0. The van der Waals surface area contributed by atoms with E-state index in [4.69, 9.17) is 27.9 Å². The monoisotopic (exact) mass is 468 g/mol. The molecule has 0 radical (unpaired) electrons. The average molecular weight is 469 g/mol. The standard InChI is InChI=1S/C25H19Cl2FN2O2/c1-2-32-24-13-16(12-22(27)21(24)14-17-5-3-4-6-23(17)28)11-18(15-29)25(31)30-20-9-7-19(26)8-10-20/h3-13H,2,14H2,1H3,(H,30,31)/b18-11+. The zero-order valence-electron chi connectivity index (χ0n) is 17.2. The molecule has 0 atom stereocenters. The number of hydrogen-bond acceptors (Lipinski definition) is 3. The van der Waals surface area contributed by atoms with E-state index >= 15 is 0 Å². The Labute approximate surface area is 195 Å². The molecule has 0 spiro atoms. The van der Waals surface area contributed by atoms with Crippen molar-refractivity contribution in [3.63, 3.8) is 0 Å². The van der Waals surface area contributed by atoms with Crippen LogP contribution in [0.4, 0.5) is 10.1 Å². The highest BCUT2D eigenvalue weighted by atomic mass is 35.5. The number of amides is 1. The van der Waals surface area contributed by atoms with Crippen molar-refractivity contribution in [1.29, 1.82) is 5.26 Å². The number of anilines is 1. The summed E-state index contributed by atoms with van der Waals surface area (Å²) >= 11 is 12.3. The molecule has 3 aromatic rings. The minimum Gasteiger partial charge on any atom is -0.494 e. The van der Waals surface area contributed by atoms with Crippen LogP contribution >= 0.6 is 23.2 Å². The van der Waals surface area contributed by atoms with Crippen LogP contribution in [-0.4, -0.2) is 12.5 Å². The van der Waals surface area contributed by atoms with E-state index in [0.717, 1.165) is 0 Å². The molecule has 0 saturated heterocycles. The van der Waals surface area contributed by atoms with Gasteiger partial charge in [0.2, 0.25) is 0 Å². The summed E-state index contributed by atoms with van der Waals surface area (Å²) in [5, 5.41) is 13.0. The first-order valence-electron chi connectivity index (χ1n) is 9.78. The van der Waals surface area contributed by atoms with Crippen molar-refractivity contribution in [3.8, 4) is 11.8 Å². The van der Waals surface area contributed by atoms with Gasteiger partial charge in [-0.05, 0) is 66.6 Å². The van der Waals surface area contributed by atoms with Gasteiger partial charge >= 0.3 is 0 Å². The molecule has 4 nitrogen and oxygen atoms in total. The average Bonchev–Trinajstić information content (AvgIpc) is 2.77. The van der Waals surface area contributed by atoms with E-state index in [0.29, 0.717) is 44.8 Å². The van der Waals surface area contributed by atoms with E-state index in [2.05, 4.69) is 5.32 Å². The van der Waals surface area contributed by atoms with Gasteiger partial charge in [0.05, 0.1) is 6.61 Å². The minimum absolute atomic E-state index is 0.111. The van der Waals surface area contributed by atoms with Crippen LogP contribution in [0.15, 0.2) is 66.2 Å². The van der Waals surface area contributed by atoms with Crippen LogP contribution in [0.5, 0.6) is 5.75 Å². The summed E-state index contributed by atoms with van der Waals surface area (Å²) in [6.07, 6.45) is 1.67. The highest BCUT2D eigenvalue weighted by Crippen LogP contribution is 2.32. The molecule has 32 heavy (non-hydrogen) atoms. The van der Waals surface area contributed by atoms with Crippen LogP contribution in [0.1, 0.15) is 23.6 Å². The van der Waals surface area contributed by atoms with Gasteiger partial charge in [-0.3, -0.25) is 4.79 Å². The third-order valence-corrected chi connectivity index (χ3v) is 5.17. The molecule has 0 aromatic heterocycles. The molecule has 0 aliphatic rings. The molecule has 162 valence electrons. The van der Waals surface area contributed by atoms with Crippen LogP contribution in [0.2, 0.25) is 10.0 Å². The van der Waals surface area contributed by atoms with Gasteiger partial charge in [0, 0.05) is 27.7 Å². The van der Waals surface area contributed by atoms with Gasteiger partial charge < -0.3 is 10.1 Å². The van der Waals surface area contributed by atoms with E-state index in [1.807, 2.05) is 13.0 Å². The summed E-state index contributed by atoms with van der Waals surface area (Å²) in [6, 6.07) is 18.2. The molecule has 0 saturated carbocycles. The zero-order valence-corrected chi connectivity index (χ0v) is 18.7. The Bertz CT molecular complexity index is 1200. The number of nitrogens with one attached hydrogen (secondary N) is 1.